The number of Topliss-reactive ketones (excluding diaryl/α,β-unsaturated/α-hetero) is 4. The number of hydrogen-bond donors (Lipinski definition) is 3. The fraction of sp³-hybridized carbons (Fsp3) is 0.712. The number of allylic oxidation sites excluding steroid dienone is 9. The van der Waals surface area contributed by atoms with Crippen molar-refractivity contribution in [2.45, 2.75) is 213 Å². The Balaban J connectivity index is -0.000000231. The van der Waals surface area contributed by atoms with Gasteiger partial charge in [-0.05, 0) is 71.8 Å². The van der Waals surface area contributed by atoms with Gasteiger partial charge in [0, 0.05) is 47.9 Å². The summed E-state index contributed by atoms with van der Waals surface area (Å²) in [6.45, 7) is 52.8. The molecule has 0 fully saturated rings. The third-order valence-electron chi connectivity index (χ3n) is 8.47. The van der Waals surface area contributed by atoms with Gasteiger partial charge in [-0.2, -0.15) is 0 Å². The summed E-state index contributed by atoms with van der Waals surface area (Å²) < 4.78 is 0. The lowest BCUT2D eigenvalue weighted by molar-refractivity contribution is -0.132. The van der Waals surface area contributed by atoms with Crippen LogP contribution in [-0.2, 0) is 24.0 Å². The van der Waals surface area contributed by atoms with Gasteiger partial charge in [0.1, 0.15) is 11.5 Å². The van der Waals surface area contributed by atoms with E-state index in [9.17, 15) is 34.2 Å². The minimum Gasteiger partial charge on any atom is -0.511 e. The number of aliphatic hydroxyl groups excluding tert-OH is 2. The van der Waals surface area contributed by atoms with Crippen molar-refractivity contribution in [2.75, 3.05) is 0 Å². The highest BCUT2D eigenvalue weighted by molar-refractivity contribution is 8.05. The SMILES string of the molecule is C/C(=C(/SC(C)C)C(=O)O)C(C)C.CC(=O)/C(SC(C)C)=C(\C)C(C)C.CC(=O)/C(SC(C)C)=C(\C)C(C)C.CC(=O)/C(SC(C)C)=C(\O)C(C)C.CC(=O)/C(SC(C)C)=C(\O)C(C)C. The zero-order valence-electron chi connectivity index (χ0n) is 45.7. The van der Waals surface area contributed by atoms with E-state index in [1.165, 1.54) is 60.3 Å². The van der Waals surface area contributed by atoms with Crippen molar-refractivity contribution in [1.29, 1.82) is 0 Å². The van der Waals surface area contributed by atoms with Crippen molar-refractivity contribution in [1.82, 2.24) is 0 Å². The van der Waals surface area contributed by atoms with Crippen molar-refractivity contribution >= 4 is 87.9 Å². The van der Waals surface area contributed by atoms with Crippen LogP contribution in [0.3, 0.4) is 0 Å². The monoisotopic (exact) mass is 1010 g/mol. The van der Waals surface area contributed by atoms with Gasteiger partial charge in [-0.25, -0.2) is 4.79 Å². The number of carboxylic acid groups (broad SMARTS) is 1. The molecular weight excluding hydrogens is 913 g/mol. The van der Waals surface area contributed by atoms with E-state index in [-0.39, 0.29) is 46.5 Å². The maximum absolute atomic E-state index is 11.3. The molecule has 0 atom stereocenters. The van der Waals surface area contributed by atoms with E-state index in [0.29, 0.717) is 58.7 Å². The number of aliphatic carboxylic acids is 1. The van der Waals surface area contributed by atoms with Crippen LogP contribution in [0.15, 0.2) is 52.8 Å². The summed E-state index contributed by atoms with van der Waals surface area (Å²) >= 11 is 7.62. The average Bonchev–Trinajstić information content (AvgIpc) is 3.14. The molecule has 0 bridgehead atoms. The van der Waals surface area contributed by atoms with Crippen molar-refractivity contribution in [2.24, 2.45) is 29.6 Å². The number of rotatable bonds is 20. The number of carbonyl (C=O) groups excluding carboxylic acids is 4. The summed E-state index contributed by atoms with van der Waals surface area (Å²) in [5, 5.41) is 30.2. The molecule has 0 aliphatic carbocycles. The molecule has 0 aromatic heterocycles. The molecule has 8 nitrogen and oxygen atoms in total. The van der Waals surface area contributed by atoms with Crippen LogP contribution in [0.25, 0.3) is 0 Å². The Labute approximate surface area is 420 Å². The summed E-state index contributed by atoms with van der Waals surface area (Å²) in [5.41, 5.74) is 3.39. The van der Waals surface area contributed by atoms with Crippen molar-refractivity contribution in [3.8, 4) is 0 Å². The molecule has 0 aromatic carbocycles. The summed E-state index contributed by atoms with van der Waals surface area (Å²) in [4.78, 5) is 59.4. The summed E-state index contributed by atoms with van der Waals surface area (Å²) in [7, 11) is 0. The second-order valence-corrected chi connectivity index (χ2v) is 26.5. The Kier molecular flexibility index (Phi) is 42.3. The third-order valence-corrected chi connectivity index (χ3v) is 14.7. The Morgan fingerprint density at radius 3 is 0.585 bits per heavy atom. The molecule has 0 aromatic rings. The first-order chi connectivity index (χ1) is 29.3. The van der Waals surface area contributed by atoms with Crippen molar-refractivity contribution in [3.05, 3.63) is 52.8 Å². The zero-order chi connectivity index (χ0) is 53.0. The van der Waals surface area contributed by atoms with Crippen LogP contribution in [0.1, 0.15) is 187 Å². The zero-order valence-corrected chi connectivity index (χ0v) is 49.8. The lowest BCUT2D eigenvalue weighted by atomic mass is 10.0. The Morgan fingerprint density at radius 2 is 0.446 bits per heavy atom. The largest absolute Gasteiger partial charge is 0.511 e. The van der Waals surface area contributed by atoms with E-state index in [4.69, 9.17) is 5.11 Å². The summed E-state index contributed by atoms with van der Waals surface area (Å²) in [6.07, 6.45) is 0. The predicted octanol–water partition coefficient (Wildman–Crippen LogP) is 16.7. The highest BCUT2D eigenvalue weighted by Gasteiger charge is 2.18. The Bertz CT molecular complexity index is 1360. The first-order valence-corrected chi connectivity index (χ1v) is 27.3. The summed E-state index contributed by atoms with van der Waals surface area (Å²) in [5.74, 6) is 1.19. The average molecular weight is 1010 g/mol. The first kappa shape index (κ1) is 72.2. The van der Waals surface area contributed by atoms with Gasteiger partial charge in [0.25, 0.3) is 0 Å². The molecular formula is C52H94O8S5. The number of carboxylic acids is 1. The van der Waals surface area contributed by atoms with Crippen LogP contribution in [0.2, 0.25) is 0 Å². The Morgan fingerprint density at radius 1 is 0.277 bits per heavy atom. The number of ketones is 4. The second kappa shape index (κ2) is 38.1. The molecule has 0 radical (unpaired) electrons. The van der Waals surface area contributed by atoms with Gasteiger partial charge >= 0.3 is 5.97 Å². The molecule has 0 saturated heterocycles. The van der Waals surface area contributed by atoms with Gasteiger partial charge in [-0.1, -0.05) is 150 Å². The number of hydrogen-bond acceptors (Lipinski definition) is 12. The van der Waals surface area contributed by atoms with Crippen LogP contribution in [0, 0.1) is 29.6 Å². The topological polar surface area (TPSA) is 146 Å². The fourth-order valence-corrected chi connectivity index (χ4v) is 9.46. The van der Waals surface area contributed by atoms with Gasteiger partial charge in [0.15, 0.2) is 23.1 Å². The van der Waals surface area contributed by atoms with Crippen LogP contribution in [0.4, 0.5) is 0 Å². The fourth-order valence-electron chi connectivity index (χ4n) is 4.36. The molecule has 0 unspecified atom stereocenters. The second-order valence-electron chi connectivity index (χ2n) is 18.6. The minimum atomic E-state index is -0.801. The van der Waals surface area contributed by atoms with E-state index in [0.717, 1.165) is 15.4 Å². The molecule has 0 spiro atoms. The van der Waals surface area contributed by atoms with Crippen molar-refractivity contribution in [3.63, 3.8) is 0 Å². The molecule has 0 heterocycles. The number of carbonyl (C=O) groups is 5. The van der Waals surface area contributed by atoms with Gasteiger partial charge < -0.3 is 15.3 Å². The van der Waals surface area contributed by atoms with E-state index in [2.05, 4.69) is 69.2 Å². The minimum absolute atomic E-state index is 0.0187. The first-order valence-electron chi connectivity index (χ1n) is 22.9. The molecule has 0 aliphatic rings. The van der Waals surface area contributed by atoms with Crippen LogP contribution >= 0.6 is 58.8 Å². The lowest BCUT2D eigenvalue weighted by Crippen LogP contribution is -2.06. The maximum Gasteiger partial charge on any atom is 0.342 e. The number of thioether (sulfide) groups is 5. The Hall–Kier alpha value is -1.80. The van der Waals surface area contributed by atoms with E-state index < -0.39 is 5.97 Å². The molecule has 3 N–H and O–H groups in total. The normalized spacial score (nSPS) is 13.5. The quantitative estimate of drug-likeness (QED) is 0.0786. The highest BCUT2D eigenvalue weighted by Crippen LogP contribution is 2.31. The maximum atomic E-state index is 11.3. The van der Waals surface area contributed by atoms with Gasteiger partial charge in [0.2, 0.25) is 0 Å². The van der Waals surface area contributed by atoms with Gasteiger partial charge in [0.05, 0.1) is 14.7 Å². The molecule has 0 amide bonds. The highest BCUT2D eigenvalue weighted by atomic mass is 32.2. The van der Waals surface area contributed by atoms with Crippen LogP contribution < -0.4 is 0 Å². The van der Waals surface area contributed by atoms with E-state index >= 15 is 0 Å². The molecule has 0 aliphatic heterocycles. The van der Waals surface area contributed by atoms with Gasteiger partial charge in [-0.15, -0.1) is 58.8 Å². The van der Waals surface area contributed by atoms with E-state index in [1.807, 2.05) is 90.0 Å². The summed E-state index contributed by atoms with van der Waals surface area (Å²) in [6, 6.07) is 0. The smallest absolute Gasteiger partial charge is 0.342 e. The third kappa shape index (κ3) is 36.9. The van der Waals surface area contributed by atoms with Gasteiger partial charge in [-0.3, -0.25) is 19.2 Å². The molecule has 0 rings (SSSR count). The molecule has 65 heavy (non-hydrogen) atoms. The lowest BCUT2D eigenvalue weighted by Gasteiger charge is -2.13. The van der Waals surface area contributed by atoms with Crippen LogP contribution in [0.5, 0.6) is 0 Å². The van der Waals surface area contributed by atoms with Crippen LogP contribution in [-0.4, -0.2) is 70.7 Å². The van der Waals surface area contributed by atoms with E-state index in [1.54, 1.807) is 37.4 Å². The molecule has 0 saturated carbocycles. The molecule has 380 valence electrons. The van der Waals surface area contributed by atoms with Crippen molar-refractivity contribution < 1.29 is 39.3 Å². The standard InChI is InChI=1S/2C11H20OS.3C10H18O2S/c2*1-7(2)9(5)11(10(6)12)13-8(3)4;2*1-6(2)9(12)10(8(5)11)13-7(3)4;1-6(2)8(5)9(10(11)12)13-7(3)4/h2*7-8H,1-6H3;2*6-7,12H,1-5H3;6-7H,1-5H3,(H,11,12)/b2*11-9-;2*10-9+;9-8-. The number of aliphatic hydroxyl groups is 2. The molecule has 13 heteroatoms. The predicted molar refractivity (Wildman–Crippen MR) is 296 cm³/mol.